The number of halogens is 2. The minimum Gasteiger partial charge on any atom is -0.366 e. The van der Waals surface area contributed by atoms with E-state index in [1.807, 2.05) is 12.3 Å². The van der Waals surface area contributed by atoms with Crippen molar-refractivity contribution in [1.82, 2.24) is 0 Å². The van der Waals surface area contributed by atoms with Crippen LogP contribution in [0.4, 0.5) is 11.4 Å². The van der Waals surface area contributed by atoms with Gasteiger partial charge in [-0.2, -0.15) is 0 Å². The van der Waals surface area contributed by atoms with Crippen molar-refractivity contribution in [3.8, 4) is 0 Å². The first kappa shape index (κ1) is 19.3. The fourth-order valence-electron chi connectivity index (χ4n) is 3.95. The van der Waals surface area contributed by atoms with E-state index in [4.69, 9.17) is 23.2 Å². The van der Waals surface area contributed by atoms with Crippen LogP contribution in [0.25, 0.3) is 0 Å². The van der Waals surface area contributed by atoms with Gasteiger partial charge in [-0.25, -0.2) is 0 Å². The SMILES string of the molecule is CCCN1c2ccc(C=Nc3ccc(Cl)c(Cl)c3)cc2C(C)CC1(C)C. The molecule has 0 radical (unpaired) electrons. The van der Waals surface area contributed by atoms with Crippen LogP contribution in [0.2, 0.25) is 10.0 Å². The van der Waals surface area contributed by atoms with Crippen molar-refractivity contribution in [3.63, 3.8) is 0 Å². The molecule has 0 N–H and O–H groups in total. The molecule has 0 saturated carbocycles. The number of hydrogen-bond donors (Lipinski definition) is 0. The molecular weight excluding hydrogens is 363 g/mol. The Bertz CT molecular complexity index is 827. The van der Waals surface area contributed by atoms with Crippen LogP contribution in [-0.4, -0.2) is 18.3 Å². The molecule has 0 aromatic heterocycles. The molecule has 4 heteroatoms. The summed E-state index contributed by atoms with van der Waals surface area (Å²) in [5.74, 6) is 0.534. The Hall–Kier alpha value is -1.51. The van der Waals surface area contributed by atoms with E-state index in [2.05, 4.69) is 55.8 Å². The first-order valence-electron chi connectivity index (χ1n) is 9.22. The van der Waals surface area contributed by atoms with Gasteiger partial charge in [-0.15, -0.1) is 0 Å². The van der Waals surface area contributed by atoms with Crippen LogP contribution in [0.15, 0.2) is 41.4 Å². The molecule has 2 nitrogen and oxygen atoms in total. The molecule has 2 aromatic carbocycles. The zero-order valence-electron chi connectivity index (χ0n) is 15.9. The average molecular weight is 389 g/mol. The zero-order valence-corrected chi connectivity index (χ0v) is 17.4. The predicted octanol–water partition coefficient (Wildman–Crippen LogP) is 7.25. The monoisotopic (exact) mass is 388 g/mol. The van der Waals surface area contributed by atoms with Crippen LogP contribution in [-0.2, 0) is 0 Å². The van der Waals surface area contributed by atoms with Gasteiger partial charge in [0.1, 0.15) is 0 Å². The second-order valence-electron chi connectivity index (χ2n) is 7.74. The van der Waals surface area contributed by atoms with Gasteiger partial charge in [0.25, 0.3) is 0 Å². The van der Waals surface area contributed by atoms with Gasteiger partial charge in [0.05, 0.1) is 15.7 Å². The molecule has 1 atom stereocenters. The van der Waals surface area contributed by atoms with Crippen molar-refractivity contribution in [1.29, 1.82) is 0 Å². The highest BCUT2D eigenvalue weighted by atomic mass is 35.5. The Labute approximate surface area is 166 Å². The minimum atomic E-state index is 0.193. The molecular formula is C22H26Cl2N2. The molecule has 0 fully saturated rings. The van der Waals surface area contributed by atoms with E-state index in [0.29, 0.717) is 16.0 Å². The normalized spacial score (nSPS) is 19.0. The summed E-state index contributed by atoms with van der Waals surface area (Å²) in [6, 6.07) is 12.1. The second-order valence-corrected chi connectivity index (χ2v) is 8.56. The highest BCUT2D eigenvalue weighted by molar-refractivity contribution is 6.42. The third-order valence-electron chi connectivity index (χ3n) is 5.12. The van der Waals surface area contributed by atoms with Crippen LogP contribution in [0, 0.1) is 0 Å². The Balaban J connectivity index is 1.91. The molecule has 3 rings (SSSR count). The number of benzene rings is 2. The summed E-state index contributed by atoms with van der Waals surface area (Å²) >= 11 is 12.0. The van der Waals surface area contributed by atoms with Gasteiger partial charge in [-0.05, 0) is 74.1 Å². The fourth-order valence-corrected chi connectivity index (χ4v) is 4.24. The van der Waals surface area contributed by atoms with Crippen LogP contribution >= 0.6 is 23.2 Å². The van der Waals surface area contributed by atoms with Crippen molar-refractivity contribution in [2.24, 2.45) is 4.99 Å². The van der Waals surface area contributed by atoms with Crippen molar-refractivity contribution in [2.75, 3.05) is 11.4 Å². The molecule has 0 spiro atoms. The van der Waals surface area contributed by atoms with Gasteiger partial charge >= 0.3 is 0 Å². The third-order valence-corrected chi connectivity index (χ3v) is 5.86. The first-order valence-corrected chi connectivity index (χ1v) is 9.98. The van der Waals surface area contributed by atoms with Crippen LogP contribution in [0.5, 0.6) is 0 Å². The summed E-state index contributed by atoms with van der Waals surface area (Å²) in [5, 5.41) is 1.07. The molecule has 1 heterocycles. The lowest BCUT2D eigenvalue weighted by atomic mass is 9.79. The fraction of sp³-hybridized carbons (Fsp3) is 0.409. The minimum absolute atomic E-state index is 0.193. The van der Waals surface area contributed by atoms with E-state index in [9.17, 15) is 0 Å². The highest BCUT2D eigenvalue weighted by Gasteiger charge is 2.35. The average Bonchev–Trinajstić information content (AvgIpc) is 2.59. The first-order chi connectivity index (χ1) is 12.3. The van der Waals surface area contributed by atoms with Gasteiger partial charge in [-0.1, -0.05) is 43.1 Å². The Morgan fingerprint density at radius 2 is 1.92 bits per heavy atom. The highest BCUT2D eigenvalue weighted by Crippen LogP contribution is 2.43. The number of nitrogens with zero attached hydrogens (tertiary/aromatic N) is 2. The van der Waals surface area contributed by atoms with E-state index in [-0.39, 0.29) is 5.54 Å². The van der Waals surface area contributed by atoms with Gasteiger partial charge in [0.2, 0.25) is 0 Å². The summed E-state index contributed by atoms with van der Waals surface area (Å²) < 4.78 is 0. The number of aliphatic imine (C=N–C) groups is 1. The summed E-state index contributed by atoms with van der Waals surface area (Å²) in [6.07, 6.45) is 4.21. The zero-order chi connectivity index (χ0) is 18.9. The molecule has 138 valence electrons. The van der Waals surface area contributed by atoms with E-state index in [1.54, 1.807) is 12.1 Å². The lowest BCUT2D eigenvalue weighted by Gasteiger charge is -2.47. The molecule has 0 aliphatic carbocycles. The van der Waals surface area contributed by atoms with Crippen molar-refractivity contribution >= 4 is 40.8 Å². The maximum Gasteiger partial charge on any atom is 0.0645 e. The topological polar surface area (TPSA) is 15.6 Å². The van der Waals surface area contributed by atoms with Crippen molar-refractivity contribution in [3.05, 3.63) is 57.6 Å². The number of fused-ring (bicyclic) bond motifs is 1. The quantitative estimate of drug-likeness (QED) is 0.503. The predicted molar refractivity (Wildman–Crippen MR) is 115 cm³/mol. The van der Waals surface area contributed by atoms with Crippen LogP contribution in [0.1, 0.15) is 57.6 Å². The molecule has 1 aliphatic heterocycles. The standard InChI is InChI=1S/C22H26Cl2N2/c1-5-10-26-21-9-6-16(11-18(21)15(2)13-22(26,3)4)14-25-17-7-8-19(23)20(24)12-17/h6-9,11-12,14-15H,5,10,13H2,1-4H3. The maximum atomic E-state index is 6.07. The van der Waals surface area contributed by atoms with E-state index < -0.39 is 0 Å². The van der Waals surface area contributed by atoms with Gasteiger partial charge in [0.15, 0.2) is 0 Å². The van der Waals surface area contributed by atoms with Crippen molar-refractivity contribution < 1.29 is 0 Å². The van der Waals surface area contributed by atoms with Crippen LogP contribution in [0.3, 0.4) is 0 Å². The summed E-state index contributed by atoms with van der Waals surface area (Å²) in [7, 11) is 0. The van der Waals surface area contributed by atoms with Gasteiger partial charge < -0.3 is 4.90 Å². The molecule has 0 amide bonds. The van der Waals surface area contributed by atoms with Crippen LogP contribution < -0.4 is 4.90 Å². The molecule has 1 unspecified atom stereocenters. The summed E-state index contributed by atoms with van der Waals surface area (Å²) in [4.78, 5) is 7.11. The Morgan fingerprint density at radius 3 is 2.62 bits per heavy atom. The third kappa shape index (κ3) is 3.92. The van der Waals surface area contributed by atoms with Crippen molar-refractivity contribution in [2.45, 2.75) is 52.0 Å². The lowest BCUT2D eigenvalue weighted by molar-refractivity contribution is 0.376. The van der Waals surface area contributed by atoms with Gasteiger partial charge in [0, 0.05) is 24.0 Å². The molecule has 2 aromatic rings. The van der Waals surface area contributed by atoms with E-state index in [0.717, 1.165) is 30.6 Å². The van der Waals surface area contributed by atoms with E-state index >= 15 is 0 Å². The molecule has 26 heavy (non-hydrogen) atoms. The number of anilines is 1. The molecule has 0 bridgehead atoms. The summed E-state index contributed by atoms with van der Waals surface area (Å²) in [6.45, 7) is 10.3. The largest absolute Gasteiger partial charge is 0.366 e. The maximum absolute atomic E-state index is 6.07. The number of rotatable bonds is 4. The summed E-state index contributed by atoms with van der Waals surface area (Å²) in [5.41, 5.74) is 4.88. The smallest absolute Gasteiger partial charge is 0.0645 e. The lowest BCUT2D eigenvalue weighted by Crippen LogP contribution is -2.48. The number of hydrogen-bond acceptors (Lipinski definition) is 2. The second kappa shape index (κ2) is 7.62. The Kier molecular flexibility index (Phi) is 5.64. The van der Waals surface area contributed by atoms with E-state index in [1.165, 1.54) is 11.3 Å². The Morgan fingerprint density at radius 1 is 1.15 bits per heavy atom. The molecule has 0 saturated heterocycles. The molecule has 1 aliphatic rings. The van der Waals surface area contributed by atoms with Gasteiger partial charge in [-0.3, -0.25) is 4.99 Å².